The molecule has 3 aromatic rings. The van der Waals surface area contributed by atoms with Gasteiger partial charge in [0, 0.05) is 48.7 Å². The highest BCUT2D eigenvalue weighted by Crippen LogP contribution is 2.20. The summed E-state index contributed by atoms with van der Waals surface area (Å²) in [4.78, 5) is 18.7. The molecule has 7 heteroatoms. The van der Waals surface area contributed by atoms with Gasteiger partial charge in [0.15, 0.2) is 0 Å². The van der Waals surface area contributed by atoms with Crippen molar-refractivity contribution in [1.82, 2.24) is 15.2 Å². The Morgan fingerprint density at radius 1 is 1.09 bits per heavy atom. The maximum Gasteiger partial charge on any atom is 0.253 e. The van der Waals surface area contributed by atoms with E-state index in [1.807, 2.05) is 42.5 Å². The first kappa shape index (κ1) is 25.8. The van der Waals surface area contributed by atoms with Crippen molar-refractivity contribution in [3.05, 3.63) is 99.8 Å². The van der Waals surface area contributed by atoms with Crippen molar-refractivity contribution in [2.75, 3.05) is 20.1 Å². The predicted octanol–water partition coefficient (Wildman–Crippen LogP) is 4.10. The largest absolute Gasteiger partial charge is 0.387 e. The second kappa shape index (κ2) is 11.6. The Kier molecular flexibility index (Phi) is 8.80. The van der Waals surface area contributed by atoms with Gasteiger partial charge in [-0.05, 0) is 73.8 Å². The average Bonchev–Trinajstić information content (AvgIpc) is 2.81. The highest BCUT2D eigenvalue weighted by Gasteiger charge is 2.18. The lowest BCUT2D eigenvalue weighted by molar-refractivity contribution is 0.0774. The molecule has 0 saturated heterocycles. The first-order chi connectivity index (χ1) is 16.1. The van der Waals surface area contributed by atoms with Gasteiger partial charge < -0.3 is 20.4 Å². The molecule has 1 heterocycles. The van der Waals surface area contributed by atoms with Crippen molar-refractivity contribution in [1.29, 1.82) is 0 Å². The summed E-state index contributed by atoms with van der Waals surface area (Å²) >= 11 is 5.88. The molecule has 1 unspecified atom stereocenters. The van der Waals surface area contributed by atoms with E-state index in [4.69, 9.17) is 11.6 Å². The quantitative estimate of drug-likeness (QED) is 0.379. The normalized spacial score (nSPS) is 12.4. The van der Waals surface area contributed by atoms with Crippen molar-refractivity contribution in [3.8, 4) is 0 Å². The van der Waals surface area contributed by atoms with Gasteiger partial charge in [0.25, 0.3) is 5.91 Å². The molecule has 1 aromatic heterocycles. The minimum Gasteiger partial charge on any atom is -0.387 e. The SMILES string of the molecule is CN(Cc1cncc(C(C)(C)O)c1)C(=O)c1ccc(CCNCC(O)c2ccc(Cl)cc2)cc1. The van der Waals surface area contributed by atoms with Crippen LogP contribution in [0.25, 0.3) is 0 Å². The third-order valence-corrected chi connectivity index (χ3v) is 5.90. The summed E-state index contributed by atoms with van der Waals surface area (Å²) in [7, 11) is 1.75. The van der Waals surface area contributed by atoms with E-state index < -0.39 is 11.7 Å². The fraction of sp³-hybridized carbons (Fsp3) is 0.333. The Bertz CT molecular complexity index is 1080. The van der Waals surface area contributed by atoms with Crippen molar-refractivity contribution >= 4 is 17.5 Å². The molecule has 0 aliphatic carbocycles. The van der Waals surface area contributed by atoms with Crippen LogP contribution in [0.3, 0.4) is 0 Å². The number of amides is 1. The summed E-state index contributed by atoms with van der Waals surface area (Å²) in [5, 5.41) is 24.3. The van der Waals surface area contributed by atoms with Crippen LogP contribution in [0.2, 0.25) is 5.02 Å². The predicted molar refractivity (Wildman–Crippen MR) is 135 cm³/mol. The van der Waals surface area contributed by atoms with Gasteiger partial charge in [-0.15, -0.1) is 0 Å². The Balaban J connectivity index is 1.47. The molecule has 0 radical (unpaired) electrons. The van der Waals surface area contributed by atoms with Crippen LogP contribution in [0.5, 0.6) is 0 Å². The molecule has 3 N–H and O–H groups in total. The van der Waals surface area contributed by atoms with Gasteiger partial charge in [0.1, 0.15) is 0 Å². The van der Waals surface area contributed by atoms with E-state index in [1.165, 1.54) is 0 Å². The van der Waals surface area contributed by atoms with E-state index >= 15 is 0 Å². The van der Waals surface area contributed by atoms with E-state index in [2.05, 4.69) is 10.3 Å². The third-order valence-electron chi connectivity index (χ3n) is 5.65. The third kappa shape index (κ3) is 7.37. The van der Waals surface area contributed by atoms with Gasteiger partial charge >= 0.3 is 0 Å². The zero-order valence-electron chi connectivity index (χ0n) is 19.8. The smallest absolute Gasteiger partial charge is 0.253 e. The number of nitrogens with zero attached hydrogens (tertiary/aromatic N) is 2. The van der Waals surface area contributed by atoms with Gasteiger partial charge in [0.2, 0.25) is 0 Å². The number of aliphatic hydroxyl groups is 2. The fourth-order valence-corrected chi connectivity index (χ4v) is 3.69. The lowest BCUT2D eigenvalue weighted by Crippen LogP contribution is -2.26. The molecule has 0 aliphatic rings. The number of carbonyl (C=O) groups excluding carboxylic acids is 1. The average molecular weight is 482 g/mol. The number of hydrogen-bond acceptors (Lipinski definition) is 5. The number of nitrogens with one attached hydrogen (secondary N) is 1. The number of aromatic nitrogens is 1. The summed E-state index contributed by atoms with van der Waals surface area (Å²) < 4.78 is 0. The molecule has 6 nitrogen and oxygen atoms in total. The number of rotatable bonds is 10. The van der Waals surface area contributed by atoms with Crippen LogP contribution in [0, 0.1) is 0 Å². The van der Waals surface area contributed by atoms with Gasteiger partial charge in [-0.3, -0.25) is 9.78 Å². The van der Waals surface area contributed by atoms with E-state index in [0.717, 1.165) is 23.1 Å². The van der Waals surface area contributed by atoms with Crippen molar-refractivity contribution < 1.29 is 15.0 Å². The molecule has 1 atom stereocenters. The Labute approximate surface area is 206 Å². The number of aliphatic hydroxyl groups excluding tert-OH is 1. The first-order valence-corrected chi connectivity index (χ1v) is 11.7. The van der Waals surface area contributed by atoms with Gasteiger partial charge in [-0.2, -0.15) is 0 Å². The minimum absolute atomic E-state index is 0.0792. The second-order valence-corrected chi connectivity index (χ2v) is 9.46. The van der Waals surface area contributed by atoms with Crippen molar-refractivity contribution in [2.24, 2.45) is 0 Å². The van der Waals surface area contributed by atoms with E-state index in [1.54, 1.807) is 50.3 Å². The zero-order valence-corrected chi connectivity index (χ0v) is 20.6. The molecule has 0 aliphatic heterocycles. The molecule has 34 heavy (non-hydrogen) atoms. The zero-order chi connectivity index (χ0) is 24.7. The van der Waals surface area contributed by atoms with Crippen LogP contribution in [0.4, 0.5) is 0 Å². The Hall–Kier alpha value is -2.77. The Morgan fingerprint density at radius 2 is 1.76 bits per heavy atom. The summed E-state index contributed by atoms with van der Waals surface area (Å²) in [5.41, 5.74) is 3.14. The monoisotopic (exact) mass is 481 g/mol. The van der Waals surface area contributed by atoms with Crippen LogP contribution >= 0.6 is 11.6 Å². The van der Waals surface area contributed by atoms with Gasteiger partial charge in [0.05, 0.1) is 11.7 Å². The van der Waals surface area contributed by atoms with Crippen LogP contribution in [0.15, 0.2) is 67.0 Å². The highest BCUT2D eigenvalue weighted by atomic mass is 35.5. The summed E-state index contributed by atoms with van der Waals surface area (Å²) in [6.07, 6.45) is 3.54. The number of hydrogen-bond donors (Lipinski definition) is 3. The maximum atomic E-state index is 12.8. The molecule has 2 aromatic carbocycles. The summed E-state index contributed by atoms with van der Waals surface area (Å²) in [6, 6.07) is 16.6. The lowest BCUT2D eigenvalue weighted by Gasteiger charge is -2.21. The fourth-order valence-electron chi connectivity index (χ4n) is 3.56. The van der Waals surface area contributed by atoms with Crippen LogP contribution in [-0.4, -0.2) is 46.1 Å². The molecule has 180 valence electrons. The van der Waals surface area contributed by atoms with Crippen molar-refractivity contribution in [2.45, 2.75) is 38.5 Å². The topological polar surface area (TPSA) is 85.7 Å². The molecular formula is C27H32ClN3O3. The summed E-state index contributed by atoms with van der Waals surface area (Å²) in [6.45, 7) is 4.98. The number of carbonyl (C=O) groups is 1. The van der Waals surface area contributed by atoms with Gasteiger partial charge in [-0.1, -0.05) is 35.9 Å². The number of halogens is 1. The maximum absolute atomic E-state index is 12.8. The van der Waals surface area contributed by atoms with Crippen LogP contribution in [-0.2, 0) is 18.6 Å². The van der Waals surface area contributed by atoms with E-state index in [9.17, 15) is 15.0 Å². The number of pyridine rings is 1. The van der Waals surface area contributed by atoms with Crippen LogP contribution < -0.4 is 5.32 Å². The molecule has 1 amide bonds. The Morgan fingerprint density at radius 3 is 2.41 bits per heavy atom. The molecule has 0 spiro atoms. The highest BCUT2D eigenvalue weighted by molar-refractivity contribution is 6.30. The van der Waals surface area contributed by atoms with Crippen molar-refractivity contribution in [3.63, 3.8) is 0 Å². The number of benzene rings is 2. The molecular weight excluding hydrogens is 450 g/mol. The van der Waals surface area contributed by atoms with E-state index in [-0.39, 0.29) is 5.91 Å². The second-order valence-electron chi connectivity index (χ2n) is 9.02. The van der Waals surface area contributed by atoms with Crippen LogP contribution in [0.1, 0.15) is 52.6 Å². The van der Waals surface area contributed by atoms with Gasteiger partial charge in [-0.25, -0.2) is 0 Å². The molecule has 0 bridgehead atoms. The molecule has 3 rings (SSSR count). The lowest BCUT2D eigenvalue weighted by atomic mass is 9.99. The molecule has 0 fully saturated rings. The first-order valence-electron chi connectivity index (χ1n) is 11.3. The van der Waals surface area contributed by atoms with E-state index in [0.29, 0.717) is 35.8 Å². The standard InChI is InChI=1S/C27H32ClN3O3/c1-27(2,34)23-14-20(15-30-16-23)18-31(3)26(33)22-6-4-19(5-7-22)12-13-29-17-25(32)21-8-10-24(28)11-9-21/h4-11,14-16,25,29,32,34H,12-13,17-18H2,1-3H3. The minimum atomic E-state index is -0.982. The summed E-state index contributed by atoms with van der Waals surface area (Å²) in [5.74, 6) is -0.0792. The molecule has 0 saturated carbocycles.